The van der Waals surface area contributed by atoms with Crippen LogP contribution < -0.4 is 5.32 Å². The molecule has 1 heterocycles. The topological polar surface area (TPSA) is 62.2 Å². The smallest absolute Gasteiger partial charge is 0.356 e. The number of halogens is 1. The first-order chi connectivity index (χ1) is 8.18. The van der Waals surface area contributed by atoms with E-state index in [0.717, 1.165) is 0 Å². The van der Waals surface area contributed by atoms with Crippen LogP contribution in [0.5, 0.6) is 0 Å². The lowest BCUT2D eigenvalue weighted by Gasteiger charge is -2.08. The average Bonchev–Trinajstić information content (AvgIpc) is 2.63. The van der Waals surface area contributed by atoms with Gasteiger partial charge >= 0.3 is 5.97 Å². The Morgan fingerprint density at radius 2 is 1.89 bits per heavy atom. The zero-order chi connectivity index (χ0) is 13.7. The van der Waals surface area contributed by atoms with Crippen LogP contribution in [-0.4, -0.2) is 22.1 Å². The second-order valence-corrected chi connectivity index (χ2v) is 6.26. The van der Waals surface area contributed by atoms with Gasteiger partial charge in [0.15, 0.2) is 5.69 Å². The van der Waals surface area contributed by atoms with E-state index in [1.54, 1.807) is 12.1 Å². The number of hydrogen-bond donors (Lipinski definition) is 2. The molecule has 0 spiro atoms. The number of aromatic nitrogens is 1. The van der Waals surface area contributed by atoms with Crippen LogP contribution in [0.15, 0.2) is 12.1 Å². The molecule has 2 N–H and O–H groups in total. The first-order valence-corrected chi connectivity index (χ1v) is 6.22. The van der Waals surface area contributed by atoms with E-state index in [-0.39, 0.29) is 27.6 Å². The molecule has 1 aromatic heterocycles. The fourth-order valence-electron chi connectivity index (χ4n) is 2.38. The lowest BCUT2D eigenvalue weighted by molar-refractivity contribution is 0.0691. The van der Waals surface area contributed by atoms with E-state index < -0.39 is 5.97 Å². The van der Waals surface area contributed by atoms with Gasteiger partial charge in [-0.2, -0.15) is 0 Å². The number of nitrogens with zero attached hydrogens (tertiary/aromatic N) is 1. The minimum atomic E-state index is -1.11. The van der Waals surface area contributed by atoms with Gasteiger partial charge in [0.2, 0.25) is 0 Å². The summed E-state index contributed by atoms with van der Waals surface area (Å²) in [6, 6.07) is 3.54. The highest BCUT2D eigenvalue weighted by atomic mass is 35.5. The molecule has 4 nitrogen and oxygen atoms in total. The van der Waals surface area contributed by atoms with Gasteiger partial charge in [0.1, 0.15) is 5.82 Å². The van der Waals surface area contributed by atoms with E-state index >= 15 is 0 Å². The van der Waals surface area contributed by atoms with Crippen LogP contribution in [-0.2, 0) is 0 Å². The highest BCUT2D eigenvalue weighted by Crippen LogP contribution is 2.63. The van der Waals surface area contributed by atoms with E-state index in [4.69, 9.17) is 16.7 Å². The Labute approximate surface area is 111 Å². The van der Waals surface area contributed by atoms with Crippen molar-refractivity contribution in [3.05, 3.63) is 22.8 Å². The van der Waals surface area contributed by atoms with Gasteiger partial charge < -0.3 is 10.4 Å². The molecular formula is C13H17ClN2O2. The number of carbonyl (C=O) groups is 1. The van der Waals surface area contributed by atoms with Crippen molar-refractivity contribution in [3.8, 4) is 0 Å². The Morgan fingerprint density at radius 3 is 2.33 bits per heavy atom. The van der Waals surface area contributed by atoms with Gasteiger partial charge in [-0.25, -0.2) is 9.78 Å². The Balaban J connectivity index is 2.22. The highest BCUT2D eigenvalue weighted by Gasteiger charge is 2.65. The number of carboxylic acid groups (broad SMARTS) is 1. The number of carboxylic acids is 1. The van der Waals surface area contributed by atoms with Crippen LogP contribution in [0.25, 0.3) is 0 Å². The molecule has 1 fully saturated rings. The van der Waals surface area contributed by atoms with Crippen LogP contribution >= 0.6 is 11.6 Å². The van der Waals surface area contributed by atoms with Crippen LogP contribution in [0.4, 0.5) is 5.82 Å². The van der Waals surface area contributed by atoms with Gasteiger partial charge in [-0.05, 0) is 23.0 Å². The maximum Gasteiger partial charge on any atom is 0.356 e. The Morgan fingerprint density at radius 1 is 1.33 bits per heavy atom. The van der Waals surface area contributed by atoms with Crippen molar-refractivity contribution in [1.82, 2.24) is 4.98 Å². The summed E-state index contributed by atoms with van der Waals surface area (Å²) in [6.07, 6.45) is 0. The molecule has 0 atom stereocenters. The molecule has 0 unspecified atom stereocenters. The zero-order valence-corrected chi connectivity index (χ0v) is 11.7. The van der Waals surface area contributed by atoms with Gasteiger partial charge in [0.25, 0.3) is 0 Å². The van der Waals surface area contributed by atoms with Gasteiger partial charge in [0, 0.05) is 6.04 Å². The third kappa shape index (κ3) is 1.85. The van der Waals surface area contributed by atoms with E-state index in [0.29, 0.717) is 5.82 Å². The molecule has 5 heteroatoms. The number of rotatable bonds is 3. The summed E-state index contributed by atoms with van der Waals surface area (Å²) in [4.78, 5) is 15.0. The molecule has 0 aliphatic heterocycles. The van der Waals surface area contributed by atoms with Crippen molar-refractivity contribution >= 4 is 23.4 Å². The molecule has 0 bridgehead atoms. The van der Waals surface area contributed by atoms with Gasteiger partial charge in [-0.15, -0.1) is 0 Å². The standard InChI is InChI=1S/C13H17ClN2O2/c1-12(2)11(13(12,3)4)16-8-6-5-7(14)9(15-8)10(17)18/h5-6,11H,1-4H3,(H,15,16)(H,17,18). The summed E-state index contributed by atoms with van der Waals surface area (Å²) >= 11 is 5.78. The van der Waals surface area contributed by atoms with Crippen LogP contribution in [0, 0.1) is 10.8 Å². The maximum atomic E-state index is 11.0. The molecule has 1 aromatic rings. The summed E-state index contributed by atoms with van der Waals surface area (Å²) in [5.74, 6) is -0.557. The summed E-state index contributed by atoms with van der Waals surface area (Å²) in [6.45, 7) is 8.72. The average molecular weight is 269 g/mol. The highest BCUT2D eigenvalue weighted by molar-refractivity contribution is 6.33. The minimum absolute atomic E-state index is 0.113. The monoisotopic (exact) mass is 268 g/mol. The Kier molecular flexibility index (Phi) is 2.81. The number of aromatic carboxylic acids is 1. The van der Waals surface area contributed by atoms with Crippen molar-refractivity contribution in [2.24, 2.45) is 10.8 Å². The fourth-order valence-corrected chi connectivity index (χ4v) is 2.56. The second-order valence-electron chi connectivity index (χ2n) is 5.85. The molecule has 98 valence electrons. The first-order valence-electron chi connectivity index (χ1n) is 5.84. The molecule has 0 aromatic carbocycles. The molecule has 0 amide bonds. The lowest BCUT2D eigenvalue weighted by Crippen LogP contribution is -2.13. The van der Waals surface area contributed by atoms with Crippen LogP contribution in [0.3, 0.4) is 0 Å². The second kappa shape index (κ2) is 3.85. The molecular weight excluding hydrogens is 252 g/mol. The number of nitrogens with one attached hydrogen (secondary N) is 1. The minimum Gasteiger partial charge on any atom is -0.476 e. The van der Waals surface area contributed by atoms with Crippen molar-refractivity contribution in [3.63, 3.8) is 0 Å². The van der Waals surface area contributed by atoms with E-state index in [1.807, 2.05) is 0 Å². The first kappa shape index (κ1) is 13.1. The van der Waals surface area contributed by atoms with Crippen LogP contribution in [0.1, 0.15) is 38.2 Å². The number of anilines is 1. The zero-order valence-electron chi connectivity index (χ0n) is 10.9. The van der Waals surface area contributed by atoms with E-state index in [1.165, 1.54) is 0 Å². The van der Waals surface area contributed by atoms with Crippen LogP contribution in [0.2, 0.25) is 5.02 Å². The summed E-state index contributed by atoms with van der Waals surface area (Å²) in [7, 11) is 0. The van der Waals surface area contributed by atoms with Gasteiger partial charge in [-0.3, -0.25) is 0 Å². The number of hydrogen-bond acceptors (Lipinski definition) is 3. The van der Waals surface area contributed by atoms with Crippen molar-refractivity contribution < 1.29 is 9.90 Å². The van der Waals surface area contributed by atoms with Crippen molar-refractivity contribution in [1.29, 1.82) is 0 Å². The van der Waals surface area contributed by atoms with Gasteiger partial charge in [0.05, 0.1) is 5.02 Å². The maximum absolute atomic E-state index is 11.0. The summed E-state index contributed by atoms with van der Waals surface area (Å²) < 4.78 is 0. The molecule has 2 rings (SSSR count). The lowest BCUT2D eigenvalue weighted by atomic mass is 10.0. The van der Waals surface area contributed by atoms with E-state index in [2.05, 4.69) is 38.0 Å². The molecule has 0 saturated heterocycles. The predicted octanol–water partition coefficient (Wildman–Crippen LogP) is 3.28. The fraction of sp³-hybridized carbons (Fsp3) is 0.538. The largest absolute Gasteiger partial charge is 0.476 e. The number of pyridine rings is 1. The molecule has 0 radical (unpaired) electrons. The molecule has 1 aliphatic rings. The third-order valence-corrected chi connectivity index (χ3v) is 4.67. The molecule has 1 aliphatic carbocycles. The third-order valence-electron chi connectivity index (χ3n) is 4.36. The Bertz CT molecular complexity index is 498. The summed E-state index contributed by atoms with van der Waals surface area (Å²) in [5.41, 5.74) is 0.216. The van der Waals surface area contributed by atoms with E-state index in [9.17, 15) is 4.79 Å². The Hall–Kier alpha value is -1.29. The van der Waals surface area contributed by atoms with Crippen molar-refractivity contribution in [2.75, 3.05) is 5.32 Å². The predicted molar refractivity (Wildman–Crippen MR) is 71.2 cm³/mol. The quantitative estimate of drug-likeness (QED) is 0.883. The van der Waals surface area contributed by atoms with Crippen molar-refractivity contribution in [2.45, 2.75) is 33.7 Å². The van der Waals surface area contributed by atoms with Gasteiger partial charge in [-0.1, -0.05) is 39.3 Å². The SMILES string of the molecule is CC1(C)C(Nc2ccc(Cl)c(C(=O)O)n2)C1(C)C. The normalized spacial score (nSPS) is 20.5. The molecule has 18 heavy (non-hydrogen) atoms. The summed E-state index contributed by atoms with van der Waals surface area (Å²) in [5, 5.41) is 12.4. The molecule has 1 saturated carbocycles.